The van der Waals surface area contributed by atoms with Crippen LogP contribution in [0.25, 0.3) is 65.7 Å². The molecule has 10 aromatic carbocycles. The van der Waals surface area contributed by atoms with Gasteiger partial charge in [0.25, 0.3) is 0 Å². The minimum absolute atomic E-state index is 0.229. The van der Waals surface area contributed by atoms with Gasteiger partial charge in [-0.05, 0) is 170 Å². The standard InChI is InChI=1S/C63H42O3/c1-4-61(43-25-19-40-34-46(64)28-22-37(40)31-43)52-16-10-7-13-49(52)55-58(61)56-50-14-8-11-17-53(50)62(5-2,44-26-20-41-35-47(65)29-23-38(41)32-44)60(56)57-51-15-9-12-18-54(51)63(6-3,59(55)57)45-27-21-42-36-48(66)30-24-39(42)33-45/h4-36,64-66H,1-3H2. The fourth-order valence-corrected chi connectivity index (χ4v) is 12.6. The quantitative estimate of drug-likeness (QED) is 0.146. The Morgan fingerprint density at radius 3 is 0.848 bits per heavy atom. The zero-order chi connectivity index (χ0) is 44.7. The molecule has 3 aliphatic rings. The zero-order valence-electron chi connectivity index (χ0n) is 36.0. The summed E-state index contributed by atoms with van der Waals surface area (Å²) in [6.45, 7) is 14.4. The van der Waals surface area contributed by atoms with Crippen molar-refractivity contribution in [3.05, 3.63) is 270 Å². The third kappa shape index (κ3) is 4.61. The molecule has 66 heavy (non-hydrogen) atoms. The number of allylic oxidation sites excluding steroid dienone is 3. The minimum Gasteiger partial charge on any atom is -0.508 e. The minimum atomic E-state index is -0.842. The lowest BCUT2D eigenvalue weighted by molar-refractivity contribution is 0.475. The van der Waals surface area contributed by atoms with Crippen molar-refractivity contribution >= 4 is 32.3 Å². The largest absolute Gasteiger partial charge is 0.508 e. The Balaban J connectivity index is 1.28. The fraction of sp³-hybridized carbons (Fsp3) is 0.0476. The van der Waals surface area contributed by atoms with E-state index in [1.165, 1.54) is 0 Å². The predicted octanol–water partition coefficient (Wildman–Crippen LogP) is 14.8. The molecule has 0 fully saturated rings. The molecule has 0 bridgehead atoms. The first-order valence-electron chi connectivity index (χ1n) is 22.4. The second-order valence-corrected chi connectivity index (χ2v) is 18.2. The normalized spacial score (nSPS) is 19.5. The number of phenolic OH excluding ortho intramolecular Hbond substituents is 3. The molecule has 3 atom stereocenters. The summed E-state index contributed by atoms with van der Waals surface area (Å²) in [4.78, 5) is 0. The summed E-state index contributed by atoms with van der Waals surface area (Å²) in [5.41, 5.74) is 14.5. The molecule has 0 saturated heterocycles. The van der Waals surface area contributed by atoms with E-state index >= 15 is 0 Å². The molecular formula is C63H42O3. The Bertz CT molecular complexity index is 3420. The van der Waals surface area contributed by atoms with Crippen molar-refractivity contribution in [1.29, 1.82) is 0 Å². The van der Waals surface area contributed by atoms with Crippen LogP contribution in [0.2, 0.25) is 0 Å². The van der Waals surface area contributed by atoms with Crippen LogP contribution in [-0.2, 0) is 16.2 Å². The number of aromatic hydroxyl groups is 3. The lowest BCUT2D eigenvalue weighted by Crippen LogP contribution is -2.29. The maximum Gasteiger partial charge on any atom is 0.116 e. The van der Waals surface area contributed by atoms with Crippen LogP contribution in [0, 0.1) is 0 Å². The average Bonchev–Trinajstić information content (AvgIpc) is 3.94. The third-order valence-electron chi connectivity index (χ3n) is 15.3. The van der Waals surface area contributed by atoms with Gasteiger partial charge in [-0.15, -0.1) is 19.7 Å². The van der Waals surface area contributed by atoms with Gasteiger partial charge in [-0.2, -0.15) is 0 Å². The van der Waals surface area contributed by atoms with Crippen molar-refractivity contribution in [2.45, 2.75) is 16.2 Å². The summed E-state index contributed by atoms with van der Waals surface area (Å²) < 4.78 is 0. The Morgan fingerprint density at radius 2 is 0.561 bits per heavy atom. The molecular weight excluding hydrogens is 805 g/mol. The molecule has 3 unspecified atom stereocenters. The average molecular weight is 847 g/mol. The molecule has 0 aliphatic heterocycles. The van der Waals surface area contributed by atoms with Crippen LogP contribution in [0.4, 0.5) is 0 Å². The number of fused-ring (bicyclic) bond motifs is 15. The van der Waals surface area contributed by atoms with Gasteiger partial charge in [-0.25, -0.2) is 0 Å². The van der Waals surface area contributed by atoms with E-state index < -0.39 is 16.2 Å². The molecule has 0 saturated carbocycles. The molecule has 0 amide bonds. The fourth-order valence-electron chi connectivity index (χ4n) is 12.6. The van der Waals surface area contributed by atoms with Gasteiger partial charge in [-0.1, -0.05) is 146 Å². The molecule has 3 N–H and O–H groups in total. The Kier molecular flexibility index (Phi) is 7.69. The lowest BCUT2D eigenvalue weighted by Gasteiger charge is -2.37. The van der Waals surface area contributed by atoms with E-state index in [2.05, 4.69) is 146 Å². The van der Waals surface area contributed by atoms with Gasteiger partial charge >= 0.3 is 0 Å². The van der Waals surface area contributed by atoms with Crippen molar-refractivity contribution in [3.8, 4) is 50.6 Å². The van der Waals surface area contributed by atoms with Crippen LogP contribution in [0.5, 0.6) is 17.2 Å². The van der Waals surface area contributed by atoms with Crippen LogP contribution < -0.4 is 0 Å². The Hall–Kier alpha value is -8.40. The highest BCUT2D eigenvalue weighted by molar-refractivity contribution is 6.09. The molecule has 0 spiro atoms. The van der Waals surface area contributed by atoms with Crippen molar-refractivity contribution in [2.24, 2.45) is 0 Å². The van der Waals surface area contributed by atoms with Crippen LogP contribution in [-0.4, -0.2) is 15.3 Å². The molecule has 3 heteroatoms. The van der Waals surface area contributed by atoms with Gasteiger partial charge in [0.2, 0.25) is 0 Å². The summed E-state index contributed by atoms with van der Waals surface area (Å²) in [6, 6.07) is 63.1. The van der Waals surface area contributed by atoms with Crippen molar-refractivity contribution in [2.75, 3.05) is 0 Å². The number of benzene rings is 10. The highest BCUT2D eigenvalue weighted by atomic mass is 16.3. The van der Waals surface area contributed by atoms with Crippen molar-refractivity contribution in [3.63, 3.8) is 0 Å². The Morgan fingerprint density at radius 1 is 0.303 bits per heavy atom. The molecule has 10 aromatic rings. The predicted molar refractivity (Wildman–Crippen MR) is 270 cm³/mol. The molecule has 0 aromatic heterocycles. The van der Waals surface area contributed by atoms with E-state index in [1.807, 2.05) is 36.4 Å². The summed E-state index contributed by atoms with van der Waals surface area (Å²) in [7, 11) is 0. The Labute approximate surface area is 382 Å². The van der Waals surface area contributed by atoms with Gasteiger partial charge in [0.05, 0.1) is 16.2 Å². The third-order valence-corrected chi connectivity index (χ3v) is 15.3. The van der Waals surface area contributed by atoms with Gasteiger partial charge < -0.3 is 15.3 Å². The van der Waals surface area contributed by atoms with E-state index in [0.717, 1.165) is 116 Å². The number of hydrogen-bond donors (Lipinski definition) is 3. The molecule has 0 radical (unpaired) electrons. The smallest absolute Gasteiger partial charge is 0.116 e. The molecule has 13 rings (SSSR count). The summed E-state index contributed by atoms with van der Waals surface area (Å²) >= 11 is 0. The monoisotopic (exact) mass is 846 g/mol. The number of phenols is 3. The summed E-state index contributed by atoms with van der Waals surface area (Å²) in [6.07, 6.45) is 6.47. The van der Waals surface area contributed by atoms with E-state index in [-0.39, 0.29) is 17.2 Å². The zero-order valence-corrected chi connectivity index (χ0v) is 36.0. The lowest BCUT2D eigenvalue weighted by atomic mass is 9.64. The topological polar surface area (TPSA) is 60.7 Å². The first-order valence-corrected chi connectivity index (χ1v) is 22.4. The van der Waals surface area contributed by atoms with E-state index in [4.69, 9.17) is 19.7 Å². The summed E-state index contributed by atoms with van der Waals surface area (Å²) in [5, 5.41) is 37.6. The maximum absolute atomic E-state index is 10.6. The van der Waals surface area contributed by atoms with Crippen LogP contribution in [0.3, 0.4) is 0 Å². The summed E-state index contributed by atoms with van der Waals surface area (Å²) in [5.74, 6) is 0.687. The highest BCUT2D eigenvalue weighted by Gasteiger charge is 2.58. The van der Waals surface area contributed by atoms with Crippen molar-refractivity contribution in [1.82, 2.24) is 0 Å². The van der Waals surface area contributed by atoms with E-state index in [9.17, 15) is 15.3 Å². The highest BCUT2D eigenvalue weighted by Crippen LogP contribution is 2.71. The number of hydrogen-bond acceptors (Lipinski definition) is 3. The second kappa shape index (κ2) is 13.3. The number of rotatable bonds is 6. The first kappa shape index (κ1) is 38.1. The molecule has 312 valence electrons. The molecule has 3 nitrogen and oxygen atoms in total. The van der Waals surface area contributed by atoms with Gasteiger partial charge in [0.15, 0.2) is 0 Å². The van der Waals surface area contributed by atoms with Crippen molar-refractivity contribution < 1.29 is 15.3 Å². The molecule has 3 aliphatic carbocycles. The van der Waals surface area contributed by atoms with E-state index in [0.29, 0.717) is 0 Å². The van der Waals surface area contributed by atoms with Gasteiger partial charge in [0.1, 0.15) is 17.2 Å². The van der Waals surface area contributed by atoms with Gasteiger partial charge in [0, 0.05) is 0 Å². The van der Waals surface area contributed by atoms with Crippen LogP contribution in [0.15, 0.2) is 220 Å². The van der Waals surface area contributed by atoms with Crippen LogP contribution >= 0.6 is 0 Å². The SMILES string of the molecule is C=CC1(c2ccc3cc(O)ccc3c2)c2ccccc2-c2c1c1c(c3c2C(C=C)(c2ccc4cc(O)ccc4c2)c2ccccc2-3)C(C=C)(c2ccc3cc(O)ccc3c2)c2ccccc2-1. The second-order valence-electron chi connectivity index (χ2n) is 18.2. The van der Waals surface area contributed by atoms with Gasteiger partial charge in [-0.3, -0.25) is 0 Å². The first-order chi connectivity index (χ1) is 32.3. The maximum atomic E-state index is 10.6. The van der Waals surface area contributed by atoms with E-state index in [1.54, 1.807) is 18.2 Å². The molecule has 0 heterocycles. The van der Waals surface area contributed by atoms with Crippen LogP contribution in [0.1, 0.15) is 50.1 Å².